The van der Waals surface area contributed by atoms with E-state index in [1.54, 1.807) is 23.5 Å². The number of benzene rings is 1. The molecule has 1 aromatic carbocycles. The average molecular weight is 403 g/mol. The first-order valence-corrected chi connectivity index (χ1v) is 10.7. The Labute approximate surface area is 172 Å². The lowest BCUT2D eigenvalue weighted by Crippen LogP contribution is -2.29. The summed E-state index contributed by atoms with van der Waals surface area (Å²) in [5, 5.41) is 2.94. The summed E-state index contributed by atoms with van der Waals surface area (Å²) in [6.45, 7) is 10.5. The number of carbonyl (C=O) groups is 1. The van der Waals surface area contributed by atoms with Crippen molar-refractivity contribution in [2.24, 2.45) is 0 Å². The van der Waals surface area contributed by atoms with Gasteiger partial charge in [-0.25, -0.2) is 4.98 Å². The fourth-order valence-electron chi connectivity index (χ4n) is 2.73. The van der Waals surface area contributed by atoms with E-state index >= 15 is 0 Å². The molecule has 1 amide bonds. The maximum atomic E-state index is 12.7. The zero-order chi connectivity index (χ0) is 20.4. The molecule has 0 aliphatic carbocycles. The van der Waals surface area contributed by atoms with Crippen LogP contribution in [0.2, 0.25) is 0 Å². The van der Waals surface area contributed by atoms with Crippen LogP contribution in [0.25, 0.3) is 6.08 Å². The van der Waals surface area contributed by atoms with Crippen molar-refractivity contribution in [3.8, 4) is 11.5 Å². The molecular formula is C22H30N2O3S. The molecule has 28 heavy (non-hydrogen) atoms. The molecule has 1 aromatic heterocycles. The van der Waals surface area contributed by atoms with Crippen LogP contribution in [0, 0.1) is 6.92 Å². The molecule has 0 aliphatic rings. The van der Waals surface area contributed by atoms with Crippen molar-refractivity contribution < 1.29 is 14.3 Å². The van der Waals surface area contributed by atoms with Crippen LogP contribution in [0.4, 0.5) is 0 Å². The minimum absolute atomic E-state index is 0.0169. The van der Waals surface area contributed by atoms with Crippen LogP contribution in [-0.2, 0) is 11.3 Å². The molecule has 0 aliphatic heterocycles. The van der Waals surface area contributed by atoms with Gasteiger partial charge in [-0.2, -0.15) is 0 Å². The van der Waals surface area contributed by atoms with Crippen LogP contribution in [0.15, 0.2) is 29.7 Å². The summed E-state index contributed by atoms with van der Waals surface area (Å²) in [4.78, 5) is 18.9. The number of hydrogen-bond donors (Lipinski definition) is 0. The largest absolute Gasteiger partial charge is 0.490 e. The predicted molar refractivity (Wildman–Crippen MR) is 115 cm³/mol. The molecule has 2 rings (SSSR count). The molecule has 0 radical (unpaired) electrons. The lowest BCUT2D eigenvalue weighted by molar-refractivity contribution is -0.126. The molecule has 0 N–H and O–H groups in total. The van der Waals surface area contributed by atoms with Crippen LogP contribution >= 0.6 is 11.3 Å². The molecule has 1 heterocycles. The number of aromatic nitrogens is 1. The molecule has 0 unspecified atom stereocenters. The summed E-state index contributed by atoms with van der Waals surface area (Å²) in [6.07, 6.45) is 5.22. The van der Waals surface area contributed by atoms with E-state index in [2.05, 4.69) is 18.8 Å². The van der Waals surface area contributed by atoms with Crippen molar-refractivity contribution in [1.82, 2.24) is 9.88 Å². The van der Waals surface area contributed by atoms with Crippen LogP contribution in [0.3, 0.4) is 0 Å². The van der Waals surface area contributed by atoms with E-state index in [1.165, 1.54) is 0 Å². The molecule has 0 spiro atoms. The Hall–Kier alpha value is -2.34. The van der Waals surface area contributed by atoms with E-state index < -0.39 is 0 Å². The van der Waals surface area contributed by atoms with Gasteiger partial charge in [-0.1, -0.05) is 19.9 Å². The second-order valence-corrected chi connectivity index (χ2v) is 7.51. The first kappa shape index (κ1) is 22.0. The Morgan fingerprint density at radius 2 is 2.00 bits per heavy atom. The van der Waals surface area contributed by atoms with Crippen LogP contribution in [0.5, 0.6) is 11.5 Å². The van der Waals surface area contributed by atoms with Crippen molar-refractivity contribution in [2.45, 2.75) is 47.1 Å². The van der Waals surface area contributed by atoms with Crippen LogP contribution < -0.4 is 9.47 Å². The van der Waals surface area contributed by atoms with E-state index in [0.717, 1.165) is 40.6 Å². The number of aryl methyl sites for hydroxylation is 1. The number of amides is 1. The first-order valence-electron chi connectivity index (χ1n) is 9.85. The molecule has 6 heteroatoms. The minimum Gasteiger partial charge on any atom is -0.490 e. The summed E-state index contributed by atoms with van der Waals surface area (Å²) in [5.74, 6) is 1.46. The topological polar surface area (TPSA) is 51.7 Å². The van der Waals surface area contributed by atoms with E-state index in [1.807, 2.05) is 42.3 Å². The molecule has 152 valence electrons. The molecule has 5 nitrogen and oxygen atoms in total. The summed E-state index contributed by atoms with van der Waals surface area (Å²) < 4.78 is 11.5. The number of nitrogens with zero attached hydrogens (tertiary/aromatic N) is 2. The van der Waals surface area contributed by atoms with Crippen LogP contribution in [0.1, 0.15) is 49.9 Å². The second-order valence-electron chi connectivity index (χ2n) is 6.45. The Kier molecular flexibility index (Phi) is 9.01. The molecule has 0 fully saturated rings. The standard InChI is InChI=1S/C22H30N2O3S/c1-5-12-24(22(25)11-9-19-16-28-17(4)23-19)15-18-8-10-20(27-13-6-2)21(14-18)26-7-3/h8-11,14,16H,5-7,12-13,15H2,1-4H3/b11-9+. The zero-order valence-corrected chi connectivity index (χ0v) is 18.1. The molecular weight excluding hydrogens is 372 g/mol. The Bertz CT molecular complexity index is 786. The Morgan fingerprint density at radius 3 is 2.64 bits per heavy atom. The Balaban J connectivity index is 2.12. The van der Waals surface area contributed by atoms with Gasteiger partial charge in [0.2, 0.25) is 5.91 Å². The molecule has 0 bridgehead atoms. The van der Waals surface area contributed by atoms with Gasteiger partial charge in [0, 0.05) is 24.5 Å². The van der Waals surface area contributed by atoms with Gasteiger partial charge < -0.3 is 14.4 Å². The summed E-state index contributed by atoms with van der Waals surface area (Å²) in [7, 11) is 0. The molecule has 0 atom stereocenters. The molecule has 0 saturated heterocycles. The summed E-state index contributed by atoms with van der Waals surface area (Å²) >= 11 is 1.58. The van der Waals surface area contributed by atoms with Gasteiger partial charge in [-0.05, 0) is 50.5 Å². The molecule has 0 saturated carbocycles. The third-order valence-corrected chi connectivity index (χ3v) is 4.77. The van der Waals surface area contributed by atoms with E-state index in [9.17, 15) is 4.79 Å². The number of thiazole rings is 1. The lowest BCUT2D eigenvalue weighted by atomic mass is 10.1. The summed E-state index contributed by atoms with van der Waals surface area (Å²) in [6, 6.07) is 5.90. The highest BCUT2D eigenvalue weighted by Gasteiger charge is 2.13. The second kappa shape index (κ2) is 11.5. The number of carbonyl (C=O) groups excluding carboxylic acids is 1. The monoisotopic (exact) mass is 402 g/mol. The van der Waals surface area contributed by atoms with Gasteiger partial charge in [0.15, 0.2) is 11.5 Å². The smallest absolute Gasteiger partial charge is 0.246 e. The highest BCUT2D eigenvalue weighted by molar-refractivity contribution is 7.09. The molecule has 2 aromatic rings. The van der Waals surface area contributed by atoms with Crippen molar-refractivity contribution in [3.63, 3.8) is 0 Å². The summed E-state index contributed by atoms with van der Waals surface area (Å²) in [5.41, 5.74) is 1.84. The van der Waals surface area contributed by atoms with Gasteiger partial charge in [0.25, 0.3) is 0 Å². The van der Waals surface area contributed by atoms with Crippen LogP contribution in [-0.4, -0.2) is 35.5 Å². The van der Waals surface area contributed by atoms with Crippen molar-refractivity contribution >= 4 is 23.3 Å². The fourth-order valence-corrected chi connectivity index (χ4v) is 3.31. The maximum Gasteiger partial charge on any atom is 0.246 e. The highest BCUT2D eigenvalue weighted by Crippen LogP contribution is 2.29. The quantitative estimate of drug-likeness (QED) is 0.491. The number of ether oxygens (including phenoxy) is 2. The van der Waals surface area contributed by atoms with E-state index in [-0.39, 0.29) is 5.91 Å². The van der Waals surface area contributed by atoms with Gasteiger partial charge in [0.1, 0.15) is 0 Å². The Morgan fingerprint density at radius 1 is 1.18 bits per heavy atom. The zero-order valence-electron chi connectivity index (χ0n) is 17.2. The van der Waals surface area contributed by atoms with Gasteiger partial charge in [-0.15, -0.1) is 11.3 Å². The SMILES string of the molecule is CCCOc1ccc(CN(CCC)C(=O)/C=C/c2csc(C)n2)cc1OCC. The maximum absolute atomic E-state index is 12.7. The lowest BCUT2D eigenvalue weighted by Gasteiger charge is -2.21. The van der Waals surface area contributed by atoms with E-state index in [4.69, 9.17) is 9.47 Å². The highest BCUT2D eigenvalue weighted by atomic mass is 32.1. The number of hydrogen-bond acceptors (Lipinski definition) is 5. The van der Waals surface area contributed by atoms with Crippen molar-refractivity contribution in [1.29, 1.82) is 0 Å². The van der Waals surface area contributed by atoms with Gasteiger partial charge in [0.05, 0.1) is 23.9 Å². The van der Waals surface area contributed by atoms with Gasteiger partial charge >= 0.3 is 0 Å². The number of rotatable bonds is 11. The van der Waals surface area contributed by atoms with E-state index in [0.29, 0.717) is 26.3 Å². The third kappa shape index (κ3) is 6.68. The third-order valence-electron chi connectivity index (χ3n) is 3.98. The van der Waals surface area contributed by atoms with Crippen molar-refractivity contribution in [3.05, 3.63) is 45.9 Å². The minimum atomic E-state index is -0.0169. The predicted octanol–water partition coefficient (Wildman–Crippen LogP) is 5.09. The fraction of sp³-hybridized carbons (Fsp3) is 0.455. The first-order chi connectivity index (χ1) is 13.6. The normalized spacial score (nSPS) is 11.0. The van der Waals surface area contributed by atoms with Gasteiger partial charge in [-0.3, -0.25) is 4.79 Å². The van der Waals surface area contributed by atoms with Crippen molar-refractivity contribution in [2.75, 3.05) is 19.8 Å². The average Bonchev–Trinajstić information content (AvgIpc) is 3.10.